The molecule has 0 aliphatic heterocycles. The van der Waals surface area contributed by atoms with Crippen molar-refractivity contribution in [3.63, 3.8) is 0 Å². The van der Waals surface area contributed by atoms with Crippen LogP contribution in [0.15, 0.2) is 41.0 Å². The number of phenols is 1. The molecule has 0 amide bonds. The molecule has 1 aliphatic carbocycles. The minimum absolute atomic E-state index is 0.105. The van der Waals surface area contributed by atoms with Crippen LogP contribution in [0.2, 0.25) is 0 Å². The predicted molar refractivity (Wildman–Crippen MR) is 110 cm³/mol. The summed E-state index contributed by atoms with van der Waals surface area (Å²) in [4.78, 5) is 4.26. The number of halogens is 4. The van der Waals surface area contributed by atoms with Gasteiger partial charge in [0.25, 0.3) is 0 Å². The first kappa shape index (κ1) is 21.8. The number of benzene rings is 1. The summed E-state index contributed by atoms with van der Waals surface area (Å²) in [6.45, 7) is 3.18. The molecular weight excluding hydrogens is 447 g/mol. The van der Waals surface area contributed by atoms with E-state index in [4.69, 9.17) is 0 Å². The number of fused-ring (bicyclic) bond motifs is 1. The maximum absolute atomic E-state index is 14.1. The molecule has 0 bridgehead atoms. The monoisotopic (exact) mass is 469 g/mol. The van der Waals surface area contributed by atoms with Crippen LogP contribution in [0, 0.1) is 0 Å². The van der Waals surface area contributed by atoms with Crippen LogP contribution in [0.4, 0.5) is 13.2 Å². The lowest BCUT2D eigenvalue weighted by molar-refractivity contribution is -0.266. The zero-order chi connectivity index (χ0) is 21.4. The van der Waals surface area contributed by atoms with Gasteiger partial charge in [0.05, 0.1) is 0 Å². The van der Waals surface area contributed by atoms with E-state index in [1.807, 2.05) is 6.08 Å². The highest BCUT2D eigenvalue weighted by atomic mass is 79.9. The van der Waals surface area contributed by atoms with E-state index in [2.05, 4.69) is 20.9 Å². The van der Waals surface area contributed by atoms with Crippen LogP contribution in [0.5, 0.6) is 5.75 Å². The van der Waals surface area contributed by atoms with E-state index in [-0.39, 0.29) is 5.75 Å². The number of aromatic hydroxyl groups is 1. The van der Waals surface area contributed by atoms with Crippen molar-refractivity contribution >= 4 is 22.0 Å². The van der Waals surface area contributed by atoms with Crippen LogP contribution in [-0.2, 0) is 18.3 Å². The highest BCUT2D eigenvalue weighted by molar-refractivity contribution is 9.10. The van der Waals surface area contributed by atoms with Gasteiger partial charge in [0, 0.05) is 28.3 Å². The molecule has 1 heterocycles. The highest BCUT2D eigenvalue weighted by Crippen LogP contribution is 2.45. The molecule has 2 aromatic rings. The SMILES string of the molecule is CC(C)(CC(O)(Cc1ccnc2c1C=CCC2)C(F)(F)F)c1cc(Br)ccc1O. The first-order valence-electron chi connectivity index (χ1n) is 9.34. The summed E-state index contributed by atoms with van der Waals surface area (Å²) in [7, 11) is 0. The fourth-order valence-corrected chi connectivity index (χ4v) is 4.36. The first-order valence-corrected chi connectivity index (χ1v) is 10.1. The molecule has 1 unspecified atom stereocenters. The Labute approximate surface area is 176 Å². The molecular formula is C22H23BrF3NO2. The number of phenolic OH excluding ortho intramolecular Hbond substituents is 1. The molecule has 1 aromatic carbocycles. The second-order valence-corrected chi connectivity index (χ2v) is 9.12. The average molecular weight is 470 g/mol. The zero-order valence-electron chi connectivity index (χ0n) is 16.2. The summed E-state index contributed by atoms with van der Waals surface area (Å²) >= 11 is 3.29. The van der Waals surface area contributed by atoms with E-state index in [1.54, 1.807) is 32.1 Å². The van der Waals surface area contributed by atoms with Crippen molar-refractivity contribution in [2.75, 3.05) is 0 Å². The van der Waals surface area contributed by atoms with Gasteiger partial charge in [-0.25, -0.2) is 0 Å². The molecule has 0 spiro atoms. The fraction of sp³-hybridized carbons (Fsp3) is 0.409. The minimum Gasteiger partial charge on any atom is -0.508 e. The number of pyridine rings is 1. The minimum atomic E-state index is -4.85. The molecule has 0 fully saturated rings. The smallest absolute Gasteiger partial charge is 0.417 e. The lowest BCUT2D eigenvalue weighted by Crippen LogP contribution is -2.51. The van der Waals surface area contributed by atoms with Crippen LogP contribution in [0.25, 0.3) is 6.08 Å². The maximum Gasteiger partial charge on any atom is 0.417 e. The third-order valence-electron chi connectivity index (χ3n) is 5.43. The normalized spacial score (nSPS) is 16.4. The lowest BCUT2D eigenvalue weighted by Gasteiger charge is -2.38. The Morgan fingerprint density at radius 2 is 1.90 bits per heavy atom. The summed E-state index contributed by atoms with van der Waals surface area (Å²) in [5, 5.41) is 21.1. The molecule has 1 atom stereocenters. The number of hydrogen-bond acceptors (Lipinski definition) is 3. The maximum atomic E-state index is 14.1. The Morgan fingerprint density at radius 3 is 2.59 bits per heavy atom. The van der Waals surface area contributed by atoms with Gasteiger partial charge in [0.1, 0.15) is 5.75 Å². The van der Waals surface area contributed by atoms with Crippen molar-refractivity contribution < 1.29 is 23.4 Å². The summed E-state index contributed by atoms with van der Waals surface area (Å²) in [5.74, 6) is -0.105. The molecule has 0 saturated heterocycles. The van der Waals surface area contributed by atoms with E-state index in [1.165, 1.54) is 18.3 Å². The van der Waals surface area contributed by atoms with Crippen LogP contribution in [-0.4, -0.2) is 27.0 Å². The second kappa shape index (κ2) is 7.76. The number of nitrogens with zero attached hydrogens (tertiary/aromatic N) is 1. The van der Waals surface area contributed by atoms with Crippen molar-refractivity contribution in [3.05, 3.63) is 63.4 Å². The van der Waals surface area contributed by atoms with Crippen LogP contribution >= 0.6 is 15.9 Å². The van der Waals surface area contributed by atoms with Gasteiger partial charge in [-0.05, 0) is 60.1 Å². The Hall–Kier alpha value is -1.86. The Balaban J connectivity index is 2.00. The van der Waals surface area contributed by atoms with Crippen molar-refractivity contribution in [3.8, 4) is 5.75 Å². The highest BCUT2D eigenvalue weighted by Gasteiger charge is 2.56. The van der Waals surface area contributed by atoms with Gasteiger partial charge in [-0.2, -0.15) is 13.2 Å². The molecule has 3 nitrogen and oxygen atoms in total. The van der Waals surface area contributed by atoms with Crippen molar-refractivity contribution in [2.24, 2.45) is 0 Å². The van der Waals surface area contributed by atoms with Crippen LogP contribution in [0.3, 0.4) is 0 Å². The number of alkyl halides is 3. The third kappa shape index (κ3) is 4.51. The first-order chi connectivity index (χ1) is 13.4. The number of rotatable bonds is 5. The summed E-state index contributed by atoms with van der Waals surface area (Å²) < 4.78 is 42.9. The summed E-state index contributed by atoms with van der Waals surface area (Å²) in [6.07, 6.45) is 0.616. The number of hydrogen-bond donors (Lipinski definition) is 2. The molecule has 0 radical (unpaired) electrons. The van der Waals surface area contributed by atoms with Gasteiger partial charge >= 0.3 is 6.18 Å². The number of aromatic nitrogens is 1. The van der Waals surface area contributed by atoms with Gasteiger partial charge in [0.2, 0.25) is 0 Å². The molecule has 29 heavy (non-hydrogen) atoms. The standard InChI is InChI=1S/C22H23BrF3NO2/c1-20(2,17-11-15(23)7-8-19(17)28)13-21(29,22(24,25)26)12-14-9-10-27-18-6-4-3-5-16(14)18/h3,5,7-11,28-29H,4,6,12-13H2,1-2H3. The Bertz CT molecular complexity index is 940. The van der Waals surface area contributed by atoms with Gasteiger partial charge in [-0.15, -0.1) is 0 Å². The van der Waals surface area contributed by atoms with Gasteiger partial charge in [0.15, 0.2) is 5.60 Å². The lowest BCUT2D eigenvalue weighted by atomic mass is 9.72. The topological polar surface area (TPSA) is 53.4 Å². The third-order valence-corrected chi connectivity index (χ3v) is 5.92. The van der Waals surface area contributed by atoms with Crippen molar-refractivity contribution in [1.82, 2.24) is 4.98 Å². The zero-order valence-corrected chi connectivity index (χ0v) is 17.8. The Kier molecular flexibility index (Phi) is 5.84. The molecule has 156 valence electrons. The van der Waals surface area contributed by atoms with Gasteiger partial charge < -0.3 is 10.2 Å². The molecule has 3 rings (SSSR count). The van der Waals surface area contributed by atoms with E-state index < -0.39 is 30.0 Å². The molecule has 0 saturated carbocycles. The average Bonchev–Trinajstić information content (AvgIpc) is 2.62. The molecule has 1 aromatic heterocycles. The van der Waals surface area contributed by atoms with E-state index in [9.17, 15) is 23.4 Å². The van der Waals surface area contributed by atoms with E-state index in [0.717, 1.165) is 12.1 Å². The molecule has 2 N–H and O–H groups in total. The van der Waals surface area contributed by atoms with Crippen LogP contribution < -0.4 is 0 Å². The predicted octanol–water partition coefficient (Wildman–Crippen LogP) is 5.71. The molecule has 1 aliphatic rings. The Morgan fingerprint density at radius 1 is 1.17 bits per heavy atom. The van der Waals surface area contributed by atoms with Crippen molar-refractivity contribution in [1.29, 1.82) is 0 Å². The number of aliphatic hydroxyl groups is 1. The van der Waals surface area contributed by atoms with E-state index in [0.29, 0.717) is 27.6 Å². The van der Waals surface area contributed by atoms with Crippen LogP contribution in [0.1, 0.15) is 49.1 Å². The largest absolute Gasteiger partial charge is 0.508 e. The molecule has 7 heteroatoms. The number of aryl methyl sites for hydroxylation is 1. The van der Waals surface area contributed by atoms with E-state index >= 15 is 0 Å². The van der Waals surface area contributed by atoms with Gasteiger partial charge in [-0.1, -0.05) is 41.9 Å². The van der Waals surface area contributed by atoms with Crippen molar-refractivity contribution in [2.45, 2.75) is 56.7 Å². The fourth-order valence-electron chi connectivity index (χ4n) is 3.99. The second-order valence-electron chi connectivity index (χ2n) is 8.20. The number of allylic oxidation sites excluding steroid dienone is 1. The summed E-state index contributed by atoms with van der Waals surface area (Å²) in [6, 6.07) is 6.16. The quantitative estimate of drug-likeness (QED) is 0.589. The summed E-state index contributed by atoms with van der Waals surface area (Å²) in [5.41, 5.74) is -1.94. The van der Waals surface area contributed by atoms with Gasteiger partial charge in [-0.3, -0.25) is 4.98 Å².